The molecule has 0 unspecified atom stereocenters. The molecule has 1 aromatic rings. The molecule has 19 nitrogen and oxygen atoms in total. The molecule has 1 atom stereocenters. The number of aliphatic carboxylic acids is 1. The summed E-state index contributed by atoms with van der Waals surface area (Å²) in [7, 11) is 0. The number of ether oxygens (including phenoxy) is 3. The Morgan fingerprint density at radius 1 is 0.587 bits per heavy atom. The van der Waals surface area contributed by atoms with Crippen LogP contribution in [0.1, 0.15) is 93.7 Å². The van der Waals surface area contributed by atoms with Crippen LogP contribution in [0.2, 0.25) is 0 Å². The van der Waals surface area contributed by atoms with Gasteiger partial charge in [0.15, 0.2) is 0 Å². The average molecular weight is 891 g/mol. The number of rotatable bonds is 16. The van der Waals surface area contributed by atoms with Gasteiger partial charge >= 0.3 is 24.0 Å². The van der Waals surface area contributed by atoms with Crippen LogP contribution < -0.4 is 21.5 Å². The van der Waals surface area contributed by atoms with Crippen LogP contribution in [0.5, 0.6) is 0 Å². The predicted octanol–water partition coefficient (Wildman–Crippen LogP) is 1.92. The molecule has 4 amide bonds. The number of nitrogens with zero attached hydrogens (tertiary/aromatic N) is 4. The zero-order valence-corrected chi connectivity index (χ0v) is 39.4. The first-order valence-corrected chi connectivity index (χ1v) is 21.6. The van der Waals surface area contributed by atoms with Gasteiger partial charge in [0.25, 0.3) is 5.91 Å². The molecule has 0 bridgehead atoms. The van der Waals surface area contributed by atoms with Gasteiger partial charge in [0.2, 0.25) is 11.8 Å². The predicted molar refractivity (Wildman–Crippen MR) is 236 cm³/mol. The van der Waals surface area contributed by atoms with Crippen molar-refractivity contribution in [2.24, 2.45) is 5.92 Å². The van der Waals surface area contributed by atoms with Gasteiger partial charge in [-0.1, -0.05) is 38.1 Å². The standard InChI is InChI=1S/C44H74N8O11/c1-31(2)24-34(46-41(60)63-44(9,10)11)40(59)48-47-35(53)25-32-12-14-33(15-13-32)26-45-36(54)27-49-16-20-51(29-38(57)61-42(3,4)5)22-18-50(28-37(55)56)19-23-52(21-17-49)30-39(58)62-43(6,7)8/h12-15,31,34H,16-30H2,1-11H3,(H,45,54)(H,46,60)(H,47,53)(H,48,59)(H,55,56)/t34-/m1/s1. The van der Waals surface area contributed by atoms with Crippen LogP contribution in [0, 0.1) is 5.92 Å². The minimum absolute atomic E-state index is 0.0125. The number of hydrogen-bond donors (Lipinski definition) is 5. The Morgan fingerprint density at radius 3 is 1.41 bits per heavy atom. The maximum Gasteiger partial charge on any atom is 0.408 e. The molecule has 1 aromatic carbocycles. The molecular weight excluding hydrogens is 817 g/mol. The van der Waals surface area contributed by atoms with Crippen LogP contribution in [0.15, 0.2) is 24.3 Å². The number of amides is 4. The summed E-state index contributed by atoms with van der Waals surface area (Å²) in [6, 6.07) is 6.16. The monoisotopic (exact) mass is 891 g/mol. The van der Waals surface area contributed by atoms with Crippen molar-refractivity contribution < 1.29 is 52.9 Å². The summed E-state index contributed by atoms with van der Waals surface area (Å²) in [6.07, 6.45) is -0.444. The Morgan fingerprint density at radius 2 is 1.00 bits per heavy atom. The van der Waals surface area contributed by atoms with Crippen LogP contribution >= 0.6 is 0 Å². The lowest BCUT2D eigenvalue weighted by atomic mass is 10.0. The number of carbonyl (C=O) groups excluding carboxylic acids is 6. The van der Waals surface area contributed by atoms with Gasteiger partial charge in [-0.2, -0.15) is 0 Å². The third-order valence-electron chi connectivity index (χ3n) is 9.12. The minimum atomic E-state index is -0.985. The van der Waals surface area contributed by atoms with E-state index in [2.05, 4.69) is 21.5 Å². The van der Waals surface area contributed by atoms with Crippen LogP contribution in [-0.4, -0.2) is 168 Å². The first-order chi connectivity index (χ1) is 29.1. The van der Waals surface area contributed by atoms with Gasteiger partial charge in [-0.15, -0.1) is 0 Å². The lowest BCUT2D eigenvalue weighted by Gasteiger charge is -2.33. The lowest BCUT2D eigenvalue weighted by molar-refractivity contribution is -0.157. The van der Waals surface area contributed by atoms with Gasteiger partial charge in [0.05, 0.1) is 32.6 Å². The van der Waals surface area contributed by atoms with Crippen molar-refractivity contribution in [2.45, 2.75) is 118 Å². The van der Waals surface area contributed by atoms with Crippen molar-refractivity contribution in [3.63, 3.8) is 0 Å². The number of hydrazine groups is 1. The van der Waals surface area contributed by atoms with Crippen LogP contribution in [0.25, 0.3) is 0 Å². The first kappa shape index (κ1) is 54.3. The van der Waals surface area contributed by atoms with E-state index in [1.165, 1.54) is 0 Å². The van der Waals surface area contributed by atoms with Crippen LogP contribution in [-0.2, 0) is 55.9 Å². The SMILES string of the molecule is CC(C)C[C@@H](NC(=O)OC(C)(C)C)C(=O)NNC(=O)Cc1ccc(CNC(=O)CN2CCN(CC(=O)OC(C)(C)C)CCN(CC(=O)O)CCN(CC(=O)OC(C)(C)C)CC2)cc1. The van der Waals surface area contributed by atoms with Crippen molar-refractivity contribution >= 4 is 41.7 Å². The Labute approximate surface area is 373 Å². The molecule has 0 saturated carbocycles. The Hall–Kier alpha value is -4.85. The molecule has 1 heterocycles. The highest BCUT2D eigenvalue weighted by atomic mass is 16.6. The van der Waals surface area contributed by atoms with Gasteiger partial charge in [0, 0.05) is 58.9 Å². The summed E-state index contributed by atoms with van der Waals surface area (Å²) >= 11 is 0. The van der Waals surface area contributed by atoms with Gasteiger partial charge in [-0.25, -0.2) is 4.79 Å². The van der Waals surface area contributed by atoms with Gasteiger partial charge in [-0.05, 0) is 85.8 Å². The maximum absolute atomic E-state index is 13.4. The van der Waals surface area contributed by atoms with Crippen LogP contribution in [0.4, 0.5) is 4.79 Å². The molecule has 1 fully saturated rings. The largest absolute Gasteiger partial charge is 0.480 e. The summed E-state index contributed by atoms with van der Waals surface area (Å²) in [6.45, 7) is 22.7. The second-order valence-corrected chi connectivity index (χ2v) is 19.3. The molecular formula is C44H74N8O11. The maximum atomic E-state index is 13.4. The summed E-state index contributed by atoms with van der Waals surface area (Å²) in [5.74, 6) is -3.03. The van der Waals surface area contributed by atoms with E-state index < -0.39 is 58.7 Å². The fourth-order valence-electron chi connectivity index (χ4n) is 6.35. The van der Waals surface area contributed by atoms with Gasteiger partial charge in [0.1, 0.15) is 22.8 Å². The number of esters is 2. The van der Waals surface area contributed by atoms with Crippen molar-refractivity contribution in [3.8, 4) is 0 Å². The third-order valence-corrected chi connectivity index (χ3v) is 9.12. The van der Waals surface area contributed by atoms with E-state index in [-0.39, 0.29) is 51.0 Å². The van der Waals surface area contributed by atoms with E-state index in [0.717, 1.165) is 5.56 Å². The summed E-state index contributed by atoms with van der Waals surface area (Å²) < 4.78 is 16.4. The van der Waals surface area contributed by atoms with Crippen molar-refractivity contribution in [3.05, 3.63) is 35.4 Å². The van der Waals surface area contributed by atoms with E-state index in [0.29, 0.717) is 64.3 Å². The van der Waals surface area contributed by atoms with Crippen molar-refractivity contribution in [1.29, 1.82) is 0 Å². The normalized spacial score (nSPS) is 16.1. The van der Waals surface area contributed by atoms with Crippen molar-refractivity contribution in [2.75, 3.05) is 78.5 Å². The second-order valence-electron chi connectivity index (χ2n) is 19.3. The molecule has 19 heteroatoms. The zero-order valence-electron chi connectivity index (χ0n) is 39.4. The molecule has 5 N–H and O–H groups in total. The molecule has 1 saturated heterocycles. The third kappa shape index (κ3) is 25.8. The molecule has 2 rings (SSSR count). The van der Waals surface area contributed by atoms with E-state index in [4.69, 9.17) is 14.2 Å². The molecule has 1 aliphatic rings. The summed E-state index contributed by atoms with van der Waals surface area (Å²) in [5, 5.41) is 15.1. The topological polar surface area (TPSA) is 228 Å². The second kappa shape index (κ2) is 25.4. The number of hydrogen-bond acceptors (Lipinski definition) is 14. The van der Waals surface area contributed by atoms with E-state index in [1.807, 2.05) is 28.5 Å². The molecule has 63 heavy (non-hydrogen) atoms. The summed E-state index contributed by atoms with van der Waals surface area (Å²) in [4.78, 5) is 96.3. The van der Waals surface area contributed by atoms with Gasteiger partial charge < -0.3 is 30.0 Å². The number of nitrogens with one attached hydrogen (secondary N) is 4. The van der Waals surface area contributed by atoms with Crippen molar-refractivity contribution in [1.82, 2.24) is 41.1 Å². The minimum Gasteiger partial charge on any atom is -0.480 e. The van der Waals surface area contributed by atoms with Crippen LogP contribution in [0.3, 0.4) is 0 Å². The smallest absolute Gasteiger partial charge is 0.408 e. The molecule has 0 radical (unpaired) electrons. The number of alkyl carbamates (subject to hydrolysis) is 1. The average Bonchev–Trinajstić information content (AvgIpc) is 3.11. The number of benzene rings is 1. The lowest BCUT2D eigenvalue weighted by Crippen LogP contribution is -2.53. The highest BCUT2D eigenvalue weighted by Gasteiger charge is 2.27. The summed E-state index contributed by atoms with van der Waals surface area (Å²) in [5.41, 5.74) is 4.14. The Kier molecular flexibility index (Phi) is 21.9. The van der Waals surface area contributed by atoms with E-state index in [1.54, 1.807) is 91.5 Å². The molecule has 0 aliphatic carbocycles. The van der Waals surface area contributed by atoms with Gasteiger partial charge in [-0.3, -0.25) is 59.2 Å². The zero-order chi connectivity index (χ0) is 47.5. The molecule has 356 valence electrons. The number of carboxylic acids is 1. The number of carboxylic acid groups (broad SMARTS) is 1. The fourth-order valence-corrected chi connectivity index (χ4v) is 6.35. The number of carbonyl (C=O) groups is 7. The highest BCUT2D eigenvalue weighted by molar-refractivity contribution is 5.88. The quantitative estimate of drug-likeness (QED) is 0.0908. The highest BCUT2D eigenvalue weighted by Crippen LogP contribution is 2.12. The van der Waals surface area contributed by atoms with E-state index in [9.17, 15) is 38.7 Å². The molecule has 1 aliphatic heterocycles. The van der Waals surface area contributed by atoms with E-state index >= 15 is 0 Å². The first-order valence-electron chi connectivity index (χ1n) is 21.6. The molecule has 0 aromatic heterocycles. The Balaban J connectivity index is 2.08. The fraction of sp³-hybridized carbons (Fsp3) is 0.705. The Bertz CT molecular complexity index is 1620. The molecule has 0 spiro atoms.